The molecule has 0 saturated carbocycles. The maximum absolute atomic E-state index is 12.2. The van der Waals surface area contributed by atoms with Crippen LogP contribution in [0.25, 0.3) is 0 Å². The van der Waals surface area contributed by atoms with Gasteiger partial charge in [0.05, 0.1) is 17.7 Å². The average Bonchev–Trinajstić information content (AvgIpc) is 3.15. The second-order valence-electron chi connectivity index (χ2n) is 5.11. The molecule has 0 aliphatic carbocycles. The Balaban J connectivity index is 1.72. The summed E-state index contributed by atoms with van der Waals surface area (Å²) in [7, 11) is 1.85. The van der Waals surface area contributed by atoms with Crippen molar-refractivity contribution in [3.63, 3.8) is 0 Å². The number of hydrogen-bond acceptors (Lipinski definition) is 6. The standard InChI is InChI=1S/C14H15N5O2S2/c1-7-4-10(8(2)21-7)12(20)16-13-15-9(6-23-13)5-11-17-18-14(22)19(11)3/h4,6H,5H2,1-3H3,(H,18,22)(H,15,16,20). The number of carbonyl (C=O) groups is 1. The Hall–Kier alpha value is -2.26. The first-order chi connectivity index (χ1) is 10.9. The lowest BCUT2D eigenvalue weighted by molar-refractivity contribution is 0.102. The number of aromatic amines is 1. The molecule has 3 aromatic rings. The normalized spacial score (nSPS) is 10.9. The van der Waals surface area contributed by atoms with E-state index in [4.69, 9.17) is 16.6 Å². The summed E-state index contributed by atoms with van der Waals surface area (Å²) in [6.45, 7) is 3.57. The summed E-state index contributed by atoms with van der Waals surface area (Å²) in [5, 5.41) is 12.1. The molecule has 7 nitrogen and oxygen atoms in total. The molecule has 0 aliphatic rings. The van der Waals surface area contributed by atoms with Gasteiger partial charge in [-0.1, -0.05) is 0 Å². The van der Waals surface area contributed by atoms with Crippen molar-refractivity contribution in [1.82, 2.24) is 19.7 Å². The van der Waals surface area contributed by atoms with Crippen molar-refractivity contribution in [2.45, 2.75) is 20.3 Å². The van der Waals surface area contributed by atoms with Crippen molar-refractivity contribution < 1.29 is 9.21 Å². The van der Waals surface area contributed by atoms with Gasteiger partial charge in [0.1, 0.15) is 17.3 Å². The maximum Gasteiger partial charge on any atom is 0.260 e. The van der Waals surface area contributed by atoms with Crippen molar-refractivity contribution in [3.8, 4) is 0 Å². The van der Waals surface area contributed by atoms with E-state index in [2.05, 4.69) is 20.5 Å². The highest BCUT2D eigenvalue weighted by atomic mass is 32.1. The number of aromatic nitrogens is 4. The fourth-order valence-electron chi connectivity index (χ4n) is 2.17. The first kappa shape index (κ1) is 15.6. The van der Waals surface area contributed by atoms with Crippen molar-refractivity contribution >= 4 is 34.6 Å². The molecule has 0 spiro atoms. The molecular formula is C14H15N5O2S2. The molecule has 9 heteroatoms. The Kier molecular flexibility index (Phi) is 4.14. The van der Waals surface area contributed by atoms with Crippen LogP contribution in [0.5, 0.6) is 0 Å². The summed E-state index contributed by atoms with van der Waals surface area (Å²) in [6, 6.07) is 1.72. The van der Waals surface area contributed by atoms with Crippen LogP contribution in [-0.4, -0.2) is 25.7 Å². The maximum atomic E-state index is 12.2. The minimum absolute atomic E-state index is 0.224. The highest BCUT2D eigenvalue weighted by molar-refractivity contribution is 7.71. The zero-order chi connectivity index (χ0) is 16.6. The van der Waals surface area contributed by atoms with Crippen LogP contribution in [0.2, 0.25) is 0 Å². The van der Waals surface area contributed by atoms with Gasteiger partial charge in [-0.15, -0.1) is 11.3 Å². The van der Waals surface area contributed by atoms with E-state index in [1.54, 1.807) is 17.6 Å². The number of aryl methyl sites for hydroxylation is 2. The number of amides is 1. The van der Waals surface area contributed by atoms with E-state index in [9.17, 15) is 4.79 Å². The van der Waals surface area contributed by atoms with Gasteiger partial charge in [0.15, 0.2) is 9.90 Å². The molecule has 0 saturated heterocycles. The third-order valence-corrected chi connectivity index (χ3v) is 4.54. The molecule has 3 rings (SSSR count). The Labute approximate surface area is 141 Å². The molecular weight excluding hydrogens is 334 g/mol. The number of thiazole rings is 1. The predicted molar refractivity (Wildman–Crippen MR) is 89.4 cm³/mol. The van der Waals surface area contributed by atoms with E-state index < -0.39 is 0 Å². The van der Waals surface area contributed by atoms with Gasteiger partial charge in [-0.3, -0.25) is 15.2 Å². The van der Waals surface area contributed by atoms with Gasteiger partial charge in [0.2, 0.25) is 0 Å². The number of hydrogen-bond donors (Lipinski definition) is 2. The number of rotatable bonds is 4. The highest BCUT2D eigenvalue weighted by Gasteiger charge is 2.15. The molecule has 2 N–H and O–H groups in total. The molecule has 0 aliphatic heterocycles. The molecule has 3 aromatic heterocycles. The number of carbonyl (C=O) groups excluding carboxylic acids is 1. The molecule has 0 bridgehead atoms. The van der Waals surface area contributed by atoms with E-state index in [1.165, 1.54) is 11.3 Å². The summed E-state index contributed by atoms with van der Waals surface area (Å²) in [6.07, 6.45) is 0.542. The second kappa shape index (κ2) is 6.09. The van der Waals surface area contributed by atoms with Crippen LogP contribution in [0, 0.1) is 18.6 Å². The summed E-state index contributed by atoms with van der Waals surface area (Å²) in [5.41, 5.74) is 1.34. The van der Waals surface area contributed by atoms with Crippen LogP contribution in [0.3, 0.4) is 0 Å². The fourth-order valence-corrected chi connectivity index (χ4v) is 3.02. The Bertz CT molecular complexity index is 918. The quantitative estimate of drug-likeness (QED) is 0.707. The van der Waals surface area contributed by atoms with E-state index in [-0.39, 0.29) is 5.91 Å². The summed E-state index contributed by atoms with van der Waals surface area (Å²) >= 11 is 6.45. The van der Waals surface area contributed by atoms with Crippen LogP contribution in [0.1, 0.15) is 33.4 Å². The number of furan rings is 1. The first-order valence-corrected chi connectivity index (χ1v) is 8.16. The highest BCUT2D eigenvalue weighted by Crippen LogP contribution is 2.20. The third-order valence-electron chi connectivity index (χ3n) is 3.37. The zero-order valence-electron chi connectivity index (χ0n) is 12.8. The number of anilines is 1. The van der Waals surface area contributed by atoms with Gasteiger partial charge in [0, 0.05) is 12.4 Å². The van der Waals surface area contributed by atoms with Crippen molar-refractivity contribution in [1.29, 1.82) is 0 Å². The fraction of sp³-hybridized carbons (Fsp3) is 0.286. The van der Waals surface area contributed by atoms with Crippen LogP contribution in [0.4, 0.5) is 5.13 Å². The van der Waals surface area contributed by atoms with Gasteiger partial charge >= 0.3 is 0 Å². The average molecular weight is 349 g/mol. The largest absolute Gasteiger partial charge is 0.466 e. The SMILES string of the molecule is Cc1cc(C(=O)Nc2nc(Cc3n[nH]c(=S)n3C)cs2)c(C)o1. The summed E-state index contributed by atoms with van der Waals surface area (Å²) in [4.78, 5) is 16.6. The topological polar surface area (TPSA) is 88.7 Å². The molecule has 0 unspecified atom stereocenters. The van der Waals surface area contributed by atoms with Gasteiger partial charge in [-0.25, -0.2) is 4.98 Å². The third kappa shape index (κ3) is 3.25. The van der Waals surface area contributed by atoms with Gasteiger partial charge in [-0.2, -0.15) is 5.10 Å². The lowest BCUT2D eigenvalue weighted by Crippen LogP contribution is -2.12. The summed E-state index contributed by atoms with van der Waals surface area (Å²) < 4.78 is 7.73. The van der Waals surface area contributed by atoms with Crippen molar-refractivity contribution in [2.75, 3.05) is 5.32 Å². The Morgan fingerprint density at radius 2 is 2.30 bits per heavy atom. The Morgan fingerprint density at radius 1 is 1.52 bits per heavy atom. The van der Waals surface area contributed by atoms with Crippen LogP contribution >= 0.6 is 23.6 Å². The first-order valence-electron chi connectivity index (χ1n) is 6.87. The molecule has 1 amide bonds. The van der Waals surface area contributed by atoms with Gasteiger partial charge < -0.3 is 8.98 Å². The molecule has 120 valence electrons. The summed E-state index contributed by atoms with van der Waals surface area (Å²) in [5.74, 6) is 1.87. The zero-order valence-corrected chi connectivity index (χ0v) is 14.5. The van der Waals surface area contributed by atoms with E-state index in [1.807, 2.05) is 19.4 Å². The van der Waals surface area contributed by atoms with Gasteiger partial charge in [-0.05, 0) is 32.1 Å². The van der Waals surface area contributed by atoms with E-state index in [0.717, 1.165) is 11.5 Å². The minimum atomic E-state index is -0.224. The predicted octanol–water partition coefficient (Wildman–Crippen LogP) is 2.99. The smallest absolute Gasteiger partial charge is 0.260 e. The van der Waals surface area contributed by atoms with Crippen molar-refractivity contribution in [2.24, 2.45) is 7.05 Å². The molecule has 0 aromatic carbocycles. The van der Waals surface area contributed by atoms with Gasteiger partial charge in [0.25, 0.3) is 5.91 Å². The molecule has 3 heterocycles. The second-order valence-corrected chi connectivity index (χ2v) is 6.35. The Morgan fingerprint density at radius 3 is 2.91 bits per heavy atom. The molecule has 0 radical (unpaired) electrons. The number of H-pyrrole nitrogens is 1. The van der Waals surface area contributed by atoms with Crippen LogP contribution in [0.15, 0.2) is 15.9 Å². The molecule has 0 fully saturated rings. The van der Waals surface area contributed by atoms with E-state index in [0.29, 0.717) is 33.4 Å². The van der Waals surface area contributed by atoms with E-state index >= 15 is 0 Å². The molecule has 0 atom stereocenters. The lowest BCUT2D eigenvalue weighted by atomic mass is 10.2. The number of nitrogens with zero attached hydrogens (tertiary/aromatic N) is 3. The van der Waals surface area contributed by atoms with Crippen LogP contribution in [-0.2, 0) is 13.5 Å². The van der Waals surface area contributed by atoms with Crippen LogP contribution < -0.4 is 5.32 Å². The molecule has 23 heavy (non-hydrogen) atoms. The monoisotopic (exact) mass is 349 g/mol. The lowest BCUT2D eigenvalue weighted by Gasteiger charge is -1.99. The number of nitrogens with one attached hydrogen (secondary N) is 2. The minimum Gasteiger partial charge on any atom is -0.466 e. The van der Waals surface area contributed by atoms with Crippen molar-refractivity contribution in [3.05, 3.63) is 44.8 Å².